The third-order valence-electron chi connectivity index (χ3n) is 2.41. The summed E-state index contributed by atoms with van der Waals surface area (Å²) in [6.45, 7) is 4.41. The van der Waals surface area contributed by atoms with Crippen molar-refractivity contribution in [3.63, 3.8) is 0 Å². The quantitative estimate of drug-likeness (QED) is 0.740. The molecule has 0 nitrogen and oxygen atoms in total. The molecule has 0 amide bonds. The van der Waals surface area contributed by atoms with Crippen molar-refractivity contribution in [2.45, 2.75) is 13.8 Å². The summed E-state index contributed by atoms with van der Waals surface area (Å²) < 4.78 is 3.11. The van der Waals surface area contributed by atoms with Crippen molar-refractivity contribution >= 4 is 7.91 Å². The molecule has 0 saturated carbocycles. The molecule has 0 heterocycles. The van der Waals surface area contributed by atoms with Gasteiger partial charge in [0.25, 0.3) is 0 Å². The molecule has 0 aliphatic carbocycles. The summed E-state index contributed by atoms with van der Waals surface area (Å²) >= 11 is -0.207. The Hall–Kier alpha value is -0.872. The first-order valence-electron chi connectivity index (χ1n) is 5.06. The Morgan fingerprint density at radius 1 is 0.667 bits per heavy atom. The SMILES string of the molecule is Cc1cccc[c]1[Mo][c]1ccccc1C. The topological polar surface area (TPSA) is 0 Å². The van der Waals surface area contributed by atoms with Crippen LogP contribution in [-0.4, -0.2) is 0 Å². The number of benzene rings is 2. The molecular formula is C14H14Mo. The van der Waals surface area contributed by atoms with Gasteiger partial charge in [0.2, 0.25) is 0 Å². The van der Waals surface area contributed by atoms with E-state index in [1.54, 1.807) is 7.91 Å². The fourth-order valence-electron chi connectivity index (χ4n) is 1.46. The molecule has 0 fully saturated rings. The van der Waals surface area contributed by atoms with Gasteiger partial charge in [-0.3, -0.25) is 0 Å². The van der Waals surface area contributed by atoms with Gasteiger partial charge in [-0.15, -0.1) is 0 Å². The second kappa shape index (κ2) is 4.77. The van der Waals surface area contributed by atoms with Crippen molar-refractivity contribution < 1.29 is 18.6 Å². The average molecular weight is 278 g/mol. The summed E-state index contributed by atoms with van der Waals surface area (Å²) in [7, 11) is 0. The van der Waals surface area contributed by atoms with E-state index in [0.717, 1.165) is 0 Å². The van der Waals surface area contributed by atoms with Gasteiger partial charge in [-0.05, 0) is 0 Å². The fourth-order valence-corrected chi connectivity index (χ4v) is 3.89. The maximum absolute atomic E-state index is 2.27. The Balaban J connectivity index is 2.30. The van der Waals surface area contributed by atoms with Crippen LogP contribution in [0.2, 0.25) is 0 Å². The first kappa shape index (κ1) is 10.6. The Labute approximate surface area is 99.9 Å². The van der Waals surface area contributed by atoms with Crippen molar-refractivity contribution in [1.29, 1.82) is 0 Å². The number of rotatable bonds is 2. The zero-order valence-corrected chi connectivity index (χ0v) is 11.0. The molecular weight excluding hydrogens is 264 g/mol. The van der Waals surface area contributed by atoms with Crippen LogP contribution in [0.4, 0.5) is 0 Å². The number of hydrogen-bond acceptors (Lipinski definition) is 0. The van der Waals surface area contributed by atoms with Crippen LogP contribution in [-0.2, 0) is 18.6 Å². The molecule has 0 bridgehead atoms. The van der Waals surface area contributed by atoms with Crippen LogP contribution in [0.5, 0.6) is 0 Å². The normalized spacial score (nSPS) is 10.3. The van der Waals surface area contributed by atoms with Gasteiger partial charge < -0.3 is 0 Å². The molecule has 0 saturated heterocycles. The minimum absolute atomic E-state index is 0.207. The van der Waals surface area contributed by atoms with Gasteiger partial charge in [0.05, 0.1) is 0 Å². The van der Waals surface area contributed by atoms with Gasteiger partial charge in [0, 0.05) is 0 Å². The second-order valence-corrected chi connectivity index (χ2v) is 6.30. The average Bonchev–Trinajstić information content (AvgIpc) is 2.24. The molecule has 0 radical (unpaired) electrons. The van der Waals surface area contributed by atoms with Crippen LogP contribution in [0.25, 0.3) is 0 Å². The van der Waals surface area contributed by atoms with E-state index >= 15 is 0 Å². The van der Waals surface area contributed by atoms with E-state index in [9.17, 15) is 0 Å². The molecule has 0 aromatic heterocycles. The van der Waals surface area contributed by atoms with Crippen LogP contribution in [0.3, 0.4) is 0 Å². The Kier molecular flexibility index (Phi) is 3.38. The summed E-state index contributed by atoms with van der Waals surface area (Å²) in [4.78, 5) is 0. The van der Waals surface area contributed by atoms with Gasteiger partial charge in [-0.25, -0.2) is 0 Å². The van der Waals surface area contributed by atoms with Gasteiger partial charge in [-0.2, -0.15) is 0 Å². The van der Waals surface area contributed by atoms with Crippen molar-refractivity contribution in [2.24, 2.45) is 0 Å². The number of hydrogen-bond donors (Lipinski definition) is 0. The van der Waals surface area contributed by atoms with Gasteiger partial charge in [0.1, 0.15) is 0 Å². The van der Waals surface area contributed by atoms with Crippen LogP contribution in [0.15, 0.2) is 48.5 Å². The summed E-state index contributed by atoms with van der Waals surface area (Å²) in [5, 5.41) is 0. The van der Waals surface area contributed by atoms with E-state index in [-0.39, 0.29) is 18.6 Å². The van der Waals surface area contributed by atoms with Crippen LogP contribution >= 0.6 is 0 Å². The predicted octanol–water partition coefficient (Wildman–Crippen LogP) is 2.34. The molecule has 2 aromatic rings. The van der Waals surface area contributed by atoms with Gasteiger partial charge in [-0.1, -0.05) is 0 Å². The van der Waals surface area contributed by atoms with E-state index in [1.807, 2.05) is 0 Å². The third-order valence-corrected chi connectivity index (χ3v) is 5.74. The van der Waals surface area contributed by atoms with E-state index in [2.05, 4.69) is 62.4 Å². The molecule has 15 heavy (non-hydrogen) atoms. The Bertz CT molecular complexity index is 417. The second-order valence-electron chi connectivity index (χ2n) is 3.63. The molecule has 0 aliphatic heterocycles. The van der Waals surface area contributed by atoms with Crippen LogP contribution < -0.4 is 7.91 Å². The van der Waals surface area contributed by atoms with Gasteiger partial charge in [0.15, 0.2) is 0 Å². The molecule has 0 aliphatic rings. The van der Waals surface area contributed by atoms with Crippen molar-refractivity contribution in [3.05, 3.63) is 59.7 Å². The monoisotopic (exact) mass is 280 g/mol. The minimum atomic E-state index is -0.207. The van der Waals surface area contributed by atoms with Crippen molar-refractivity contribution in [2.75, 3.05) is 0 Å². The van der Waals surface area contributed by atoms with Crippen molar-refractivity contribution in [1.82, 2.24) is 0 Å². The molecule has 0 atom stereocenters. The molecule has 0 unspecified atom stereocenters. The molecule has 0 N–H and O–H groups in total. The van der Waals surface area contributed by atoms with Crippen LogP contribution in [0.1, 0.15) is 11.1 Å². The van der Waals surface area contributed by atoms with Gasteiger partial charge >= 0.3 is 100.0 Å². The first-order valence-corrected chi connectivity index (χ1v) is 7.07. The third kappa shape index (κ3) is 2.57. The molecule has 1 heteroatoms. The predicted molar refractivity (Wildman–Crippen MR) is 61.6 cm³/mol. The Morgan fingerprint density at radius 3 is 1.47 bits per heavy atom. The first-order chi connectivity index (χ1) is 7.27. The Morgan fingerprint density at radius 2 is 1.07 bits per heavy atom. The number of aryl methyl sites for hydroxylation is 2. The summed E-state index contributed by atoms with van der Waals surface area (Å²) in [5.74, 6) is 0. The zero-order valence-electron chi connectivity index (χ0n) is 9.03. The van der Waals surface area contributed by atoms with Crippen molar-refractivity contribution in [3.8, 4) is 0 Å². The van der Waals surface area contributed by atoms with E-state index in [1.165, 1.54) is 11.1 Å². The maximum atomic E-state index is 2.27. The standard InChI is InChI=1S/2C7H7.Mo/c2*1-7-5-3-2-4-6-7;/h2*2-5H,1H3;. The zero-order chi connectivity index (χ0) is 10.7. The summed E-state index contributed by atoms with van der Waals surface area (Å²) in [6, 6.07) is 17.5. The molecule has 2 aromatic carbocycles. The van der Waals surface area contributed by atoms with Crippen LogP contribution in [0, 0.1) is 13.8 Å². The molecule has 0 spiro atoms. The van der Waals surface area contributed by atoms with E-state index in [4.69, 9.17) is 0 Å². The van der Waals surface area contributed by atoms with E-state index < -0.39 is 0 Å². The molecule has 2 rings (SSSR count). The summed E-state index contributed by atoms with van der Waals surface area (Å²) in [5.41, 5.74) is 2.87. The van der Waals surface area contributed by atoms with E-state index in [0.29, 0.717) is 0 Å². The summed E-state index contributed by atoms with van der Waals surface area (Å²) in [6.07, 6.45) is 0. The molecule has 76 valence electrons. The fraction of sp³-hybridized carbons (Fsp3) is 0.143.